The van der Waals surface area contributed by atoms with Crippen molar-refractivity contribution in [1.82, 2.24) is 0 Å². The molecule has 108 valence electrons. The van der Waals surface area contributed by atoms with Crippen LogP contribution in [0.4, 0.5) is 5.69 Å². The molecule has 1 aromatic heterocycles. The van der Waals surface area contributed by atoms with E-state index < -0.39 is 10.0 Å². The van der Waals surface area contributed by atoms with Crippen LogP contribution >= 0.6 is 43.2 Å². The summed E-state index contributed by atoms with van der Waals surface area (Å²) in [5.41, 5.74) is 6.94. The number of thiophene rings is 1. The van der Waals surface area contributed by atoms with Crippen molar-refractivity contribution in [1.29, 1.82) is 0 Å². The lowest BCUT2D eigenvalue weighted by Gasteiger charge is -2.10. The summed E-state index contributed by atoms with van der Waals surface area (Å²) in [7, 11) is -3.64. The van der Waals surface area contributed by atoms with E-state index in [-0.39, 0.29) is 4.90 Å². The molecule has 0 radical (unpaired) electrons. The van der Waals surface area contributed by atoms with Gasteiger partial charge in [0.25, 0.3) is 10.0 Å². The first-order valence-electron chi connectivity index (χ1n) is 5.60. The lowest BCUT2D eigenvalue weighted by Crippen LogP contribution is -2.13. The highest BCUT2D eigenvalue weighted by Gasteiger charge is 2.21. The number of hydrogen-bond donors (Lipinski definition) is 2. The van der Waals surface area contributed by atoms with Crippen molar-refractivity contribution >= 4 is 58.9 Å². The predicted molar refractivity (Wildman–Crippen MR) is 89.6 cm³/mol. The second-order valence-electron chi connectivity index (χ2n) is 4.12. The fourth-order valence-electron chi connectivity index (χ4n) is 1.59. The van der Waals surface area contributed by atoms with Crippen LogP contribution in [-0.2, 0) is 16.6 Å². The van der Waals surface area contributed by atoms with E-state index >= 15 is 0 Å². The Morgan fingerprint density at radius 2 is 2.00 bits per heavy atom. The topological polar surface area (TPSA) is 72.2 Å². The third-order valence-electron chi connectivity index (χ3n) is 2.64. The van der Waals surface area contributed by atoms with Gasteiger partial charge in [0, 0.05) is 15.9 Å². The highest BCUT2D eigenvalue weighted by atomic mass is 79.9. The summed E-state index contributed by atoms with van der Waals surface area (Å²) >= 11 is 7.93. The average Bonchev–Trinajstić information content (AvgIpc) is 2.76. The van der Waals surface area contributed by atoms with Crippen molar-refractivity contribution in [3.63, 3.8) is 0 Å². The molecule has 0 saturated carbocycles. The summed E-state index contributed by atoms with van der Waals surface area (Å²) in [6.07, 6.45) is 0. The van der Waals surface area contributed by atoms with Crippen molar-refractivity contribution in [2.24, 2.45) is 5.73 Å². The second-order valence-corrected chi connectivity index (χ2v) is 9.14. The molecule has 2 aromatic rings. The Bertz CT molecular complexity index is 742. The summed E-state index contributed by atoms with van der Waals surface area (Å²) in [6, 6.07) is 7.03. The maximum absolute atomic E-state index is 12.4. The standard InChI is InChI=1S/C12H12Br2N2O2S2/c1-7-2-3-8(13)4-10(7)16-20(17,18)11-5-9(6-15)19-12(11)14/h2-5,16H,6,15H2,1H3. The van der Waals surface area contributed by atoms with E-state index in [0.29, 0.717) is 16.0 Å². The predicted octanol–water partition coefficient (Wildman–Crippen LogP) is 3.84. The van der Waals surface area contributed by atoms with Crippen molar-refractivity contribution in [3.05, 3.63) is 43.0 Å². The van der Waals surface area contributed by atoms with Crippen LogP contribution in [-0.4, -0.2) is 8.42 Å². The molecule has 0 aliphatic rings. The van der Waals surface area contributed by atoms with Crippen LogP contribution in [0.1, 0.15) is 10.4 Å². The maximum Gasteiger partial charge on any atom is 0.263 e. The molecule has 0 aliphatic carbocycles. The number of aryl methyl sites for hydroxylation is 1. The van der Waals surface area contributed by atoms with Gasteiger partial charge < -0.3 is 5.73 Å². The molecule has 0 saturated heterocycles. The van der Waals surface area contributed by atoms with Gasteiger partial charge in [-0.25, -0.2) is 8.42 Å². The van der Waals surface area contributed by atoms with Crippen LogP contribution in [0.25, 0.3) is 0 Å². The van der Waals surface area contributed by atoms with Crippen molar-refractivity contribution in [2.45, 2.75) is 18.4 Å². The van der Waals surface area contributed by atoms with E-state index in [1.165, 1.54) is 11.3 Å². The molecule has 0 atom stereocenters. The molecular formula is C12H12Br2N2O2S2. The van der Waals surface area contributed by atoms with E-state index in [0.717, 1.165) is 14.9 Å². The van der Waals surface area contributed by atoms with Gasteiger partial charge in [-0.1, -0.05) is 22.0 Å². The third-order valence-corrected chi connectivity index (χ3v) is 6.77. The molecule has 0 aliphatic heterocycles. The minimum atomic E-state index is -3.64. The first-order chi connectivity index (χ1) is 9.33. The summed E-state index contributed by atoms with van der Waals surface area (Å²) in [4.78, 5) is 1.02. The van der Waals surface area contributed by atoms with Crippen LogP contribution in [0.2, 0.25) is 0 Å². The summed E-state index contributed by atoms with van der Waals surface area (Å²) in [5.74, 6) is 0. The highest BCUT2D eigenvalue weighted by Crippen LogP contribution is 2.33. The number of hydrogen-bond acceptors (Lipinski definition) is 4. The lowest BCUT2D eigenvalue weighted by molar-refractivity contribution is 0.601. The lowest BCUT2D eigenvalue weighted by atomic mass is 10.2. The van der Waals surface area contributed by atoms with Gasteiger partial charge in [-0.3, -0.25) is 4.72 Å². The molecular weight excluding hydrogens is 428 g/mol. The smallest absolute Gasteiger partial charge is 0.263 e. The Morgan fingerprint density at radius 1 is 1.30 bits per heavy atom. The number of sulfonamides is 1. The zero-order valence-electron chi connectivity index (χ0n) is 10.5. The minimum Gasteiger partial charge on any atom is -0.326 e. The molecule has 3 N–H and O–H groups in total. The fourth-order valence-corrected chi connectivity index (χ4v) is 5.63. The van der Waals surface area contributed by atoms with Gasteiger partial charge in [0.05, 0.1) is 9.47 Å². The van der Waals surface area contributed by atoms with Gasteiger partial charge in [-0.05, 0) is 46.6 Å². The van der Waals surface area contributed by atoms with Crippen LogP contribution < -0.4 is 10.5 Å². The molecule has 20 heavy (non-hydrogen) atoms. The van der Waals surface area contributed by atoms with Crippen LogP contribution in [0.5, 0.6) is 0 Å². The quantitative estimate of drug-likeness (QED) is 0.759. The van der Waals surface area contributed by atoms with Gasteiger partial charge in [-0.2, -0.15) is 0 Å². The van der Waals surface area contributed by atoms with E-state index in [9.17, 15) is 8.42 Å². The van der Waals surface area contributed by atoms with Crippen molar-refractivity contribution in [3.8, 4) is 0 Å². The van der Waals surface area contributed by atoms with Crippen LogP contribution in [0.15, 0.2) is 37.4 Å². The number of nitrogens with one attached hydrogen (secondary N) is 1. The molecule has 1 aromatic carbocycles. The fraction of sp³-hybridized carbons (Fsp3) is 0.167. The first-order valence-corrected chi connectivity index (χ1v) is 9.49. The Balaban J connectivity index is 2.40. The molecule has 2 rings (SSSR count). The maximum atomic E-state index is 12.4. The Hall–Kier alpha value is -0.410. The molecule has 0 spiro atoms. The largest absolute Gasteiger partial charge is 0.326 e. The van der Waals surface area contributed by atoms with Crippen LogP contribution in [0, 0.1) is 6.92 Å². The number of benzene rings is 1. The van der Waals surface area contributed by atoms with Gasteiger partial charge in [0.15, 0.2) is 0 Å². The van der Waals surface area contributed by atoms with Gasteiger partial charge in [0.1, 0.15) is 4.90 Å². The van der Waals surface area contributed by atoms with Gasteiger partial charge in [0.2, 0.25) is 0 Å². The van der Waals surface area contributed by atoms with Gasteiger partial charge >= 0.3 is 0 Å². The SMILES string of the molecule is Cc1ccc(Br)cc1NS(=O)(=O)c1cc(CN)sc1Br. The molecule has 4 nitrogen and oxygen atoms in total. The van der Waals surface area contributed by atoms with E-state index in [1.807, 2.05) is 19.1 Å². The van der Waals surface area contributed by atoms with E-state index in [2.05, 4.69) is 36.6 Å². The first kappa shape index (κ1) is 16.0. The summed E-state index contributed by atoms with van der Waals surface area (Å²) < 4.78 is 28.8. The normalized spacial score (nSPS) is 11.6. The molecule has 8 heteroatoms. The van der Waals surface area contributed by atoms with Crippen molar-refractivity contribution in [2.75, 3.05) is 4.72 Å². The molecule has 0 bridgehead atoms. The summed E-state index contributed by atoms with van der Waals surface area (Å²) in [5, 5.41) is 0. The number of rotatable bonds is 4. The van der Waals surface area contributed by atoms with Gasteiger partial charge in [-0.15, -0.1) is 11.3 Å². The Morgan fingerprint density at radius 3 is 2.60 bits per heavy atom. The molecule has 0 amide bonds. The second kappa shape index (κ2) is 6.15. The number of nitrogens with two attached hydrogens (primary N) is 1. The Kier molecular flexibility index (Phi) is 4.91. The number of halogens is 2. The van der Waals surface area contributed by atoms with E-state index in [1.54, 1.807) is 12.1 Å². The zero-order chi connectivity index (χ0) is 14.9. The third kappa shape index (κ3) is 3.43. The average molecular weight is 440 g/mol. The van der Waals surface area contributed by atoms with E-state index in [4.69, 9.17) is 5.73 Å². The van der Waals surface area contributed by atoms with Crippen LogP contribution in [0.3, 0.4) is 0 Å². The highest BCUT2D eigenvalue weighted by molar-refractivity contribution is 9.11. The Labute approximate surface area is 138 Å². The minimum absolute atomic E-state index is 0.210. The summed E-state index contributed by atoms with van der Waals surface area (Å²) in [6.45, 7) is 2.16. The monoisotopic (exact) mass is 438 g/mol. The van der Waals surface area contributed by atoms with Crippen molar-refractivity contribution < 1.29 is 8.42 Å². The number of anilines is 1. The molecule has 1 heterocycles. The molecule has 0 unspecified atom stereocenters. The zero-order valence-corrected chi connectivity index (χ0v) is 15.3. The molecule has 0 fully saturated rings.